The maximum absolute atomic E-state index is 12.7. The van der Waals surface area contributed by atoms with Gasteiger partial charge < -0.3 is 5.32 Å². The minimum absolute atomic E-state index is 0.0844. The van der Waals surface area contributed by atoms with Crippen molar-refractivity contribution in [3.05, 3.63) is 53.3 Å². The van der Waals surface area contributed by atoms with Crippen LogP contribution in [0.15, 0.2) is 36.4 Å². The first kappa shape index (κ1) is 16.4. The minimum Gasteiger partial charge on any atom is -0.351 e. The number of amides is 1. The summed E-state index contributed by atoms with van der Waals surface area (Å²) in [6.45, 7) is 4.28. The van der Waals surface area contributed by atoms with Crippen LogP contribution in [0.5, 0.6) is 0 Å². The van der Waals surface area contributed by atoms with Crippen LogP contribution in [0, 0.1) is 25.7 Å². The van der Waals surface area contributed by atoms with Crippen LogP contribution in [0.2, 0.25) is 0 Å². The van der Waals surface area contributed by atoms with E-state index < -0.39 is 0 Å². The van der Waals surface area contributed by atoms with Gasteiger partial charge in [-0.25, -0.2) is 0 Å². The first-order valence-corrected chi connectivity index (χ1v) is 9.49. The number of aryl methyl sites for hydroxylation is 2. The highest BCUT2D eigenvalue weighted by molar-refractivity contribution is 5.76. The Morgan fingerprint density at radius 1 is 1.16 bits per heavy atom. The van der Waals surface area contributed by atoms with E-state index in [1.807, 2.05) is 19.9 Å². The molecular weight excluding hydrogens is 310 g/mol. The molecule has 2 fully saturated rings. The van der Waals surface area contributed by atoms with Crippen molar-refractivity contribution in [3.63, 3.8) is 0 Å². The van der Waals surface area contributed by atoms with Crippen LogP contribution in [0.1, 0.15) is 48.6 Å². The summed E-state index contributed by atoms with van der Waals surface area (Å²) in [5.41, 5.74) is 3.38. The fourth-order valence-corrected chi connectivity index (χ4v) is 5.00. The van der Waals surface area contributed by atoms with E-state index in [1.165, 1.54) is 31.2 Å². The van der Waals surface area contributed by atoms with Crippen LogP contribution >= 0.6 is 0 Å². The zero-order valence-electron chi connectivity index (χ0n) is 15.1. The molecule has 0 spiro atoms. The van der Waals surface area contributed by atoms with Gasteiger partial charge in [0.1, 0.15) is 6.54 Å². The van der Waals surface area contributed by atoms with E-state index in [2.05, 4.69) is 40.7 Å². The molecule has 0 radical (unpaired) electrons. The standard InChI is InChI=1S/C21H27N3O/c1-14-12-15(2)24(23-14)13-19(25)22-21-18-11-7-6-10-17(18)20(21)16-8-4-3-5-9-16/h3-5,8-9,12,17-18,20-21H,6-7,10-11,13H2,1-2H3,(H,22,25)/t17-,18-,20+,21+/m1/s1. The molecule has 4 rings (SSSR count). The van der Waals surface area contributed by atoms with Crippen molar-refractivity contribution in [2.45, 2.75) is 58.0 Å². The molecule has 4 atom stereocenters. The van der Waals surface area contributed by atoms with Gasteiger partial charge in [0.25, 0.3) is 0 Å². The highest BCUT2D eigenvalue weighted by Crippen LogP contribution is 2.54. The Labute approximate surface area is 149 Å². The smallest absolute Gasteiger partial charge is 0.241 e. The lowest BCUT2D eigenvalue weighted by molar-refractivity contribution is -0.125. The lowest BCUT2D eigenvalue weighted by atomic mass is 9.53. The number of carbonyl (C=O) groups excluding carboxylic acids is 1. The van der Waals surface area contributed by atoms with Crippen LogP contribution in [0.25, 0.3) is 0 Å². The molecule has 1 heterocycles. The SMILES string of the molecule is Cc1cc(C)n(CC(=O)N[C@H]2[C@@H]3CCCC[C@H]3[C@@H]2c2ccccc2)n1. The number of fused-ring (bicyclic) bond motifs is 1. The molecule has 4 nitrogen and oxygen atoms in total. The van der Waals surface area contributed by atoms with Gasteiger partial charge >= 0.3 is 0 Å². The Morgan fingerprint density at radius 3 is 2.56 bits per heavy atom. The quantitative estimate of drug-likeness (QED) is 0.927. The molecule has 2 aromatic rings. The summed E-state index contributed by atoms with van der Waals surface area (Å²) in [6, 6.07) is 13.0. The highest BCUT2D eigenvalue weighted by atomic mass is 16.2. The Hall–Kier alpha value is -2.10. The van der Waals surface area contributed by atoms with Gasteiger partial charge in [0.2, 0.25) is 5.91 Å². The average Bonchev–Trinajstić information content (AvgIpc) is 2.91. The molecule has 2 aliphatic carbocycles. The normalized spacial score (nSPS) is 28.1. The molecule has 2 saturated carbocycles. The third-order valence-electron chi connectivity index (χ3n) is 6.09. The van der Waals surface area contributed by atoms with Gasteiger partial charge in [-0.3, -0.25) is 9.48 Å². The molecule has 132 valence electrons. The second-order valence-electron chi connectivity index (χ2n) is 7.73. The van der Waals surface area contributed by atoms with Gasteiger partial charge in [-0.05, 0) is 50.2 Å². The Morgan fingerprint density at radius 2 is 1.88 bits per heavy atom. The average molecular weight is 337 g/mol. The van der Waals surface area contributed by atoms with Crippen LogP contribution in [-0.2, 0) is 11.3 Å². The second kappa shape index (κ2) is 6.66. The number of aromatic nitrogens is 2. The number of hydrogen-bond donors (Lipinski definition) is 1. The van der Waals surface area contributed by atoms with E-state index in [9.17, 15) is 4.79 Å². The van der Waals surface area contributed by atoms with Crippen molar-refractivity contribution >= 4 is 5.91 Å². The number of nitrogens with zero attached hydrogens (tertiary/aromatic N) is 2. The number of nitrogens with one attached hydrogen (secondary N) is 1. The maximum atomic E-state index is 12.7. The van der Waals surface area contributed by atoms with Crippen LogP contribution in [0.4, 0.5) is 0 Å². The van der Waals surface area contributed by atoms with Crippen LogP contribution in [0.3, 0.4) is 0 Å². The van der Waals surface area contributed by atoms with Gasteiger partial charge in [0.05, 0.1) is 5.69 Å². The van der Waals surface area contributed by atoms with Crippen molar-refractivity contribution in [3.8, 4) is 0 Å². The summed E-state index contributed by atoms with van der Waals surface area (Å²) in [7, 11) is 0. The van der Waals surface area contributed by atoms with E-state index in [0.29, 0.717) is 18.4 Å². The van der Waals surface area contributed by atoms with Gasteiger partial charge in [0.15, 0.2) is 0 Å². The second-order valence-corrected chi connectivity index (χ2v) is 7.73. The summed E-state index contributed by atoms with van der Waals surface area (Å²) in [4.78, 5) is 12.7. The van der Waals surface area contributed by atoms with E-state index >= 15 is 0 Å². The summed E-state index contributed by atoms with van der Waals surface area (Å²) in [6.07, 6.45) is 5.18. The van der Waals surface area contributed by atoms with E-state index in [1.54, 1.807) is 4.68 Å². The fraction of sp³-hybridized carbons (Fsp3) is 0.524. The Bertz CT molecular complexity index is 752. The summed E-state index contributed by atoms with van der Waals surface area (Å²) in [5, 5.41) is 7.77. The molecule has 0 unspecified atom stereocenters. The molecule has 1 amide bonds. The molecule has 1 aromatic carbocycles. The molecule has 1 aromatic heterocycles. The molecule has 0 saturated heterocycles. The molecule has 1 N–H and O–H groups in total. The van der Waals surface area contributed by atoms with Gasteiger partial charge in [-0.2, -0.15) is 5.10 Å². The third-order valence-corrected chi connectivity index (χ3v) is 6.09. The van der Waals surface area contributed by atoms with Gasteiger partial charge in [-0.15, -0.1) is 0 Å². The minimum atomic E-state index is 0.0844. The van der Waals surface area contributed by atoms with Crippen molar-refractivity contribution in [2.24, 2.45) is 11.8 Å². The number of benzene rings is 1. The molecule has 0 bridgehead atoms. The lowest BCUT2D eigenvalue weighted by Gasteiger charge is -2.55. The van der Waals surface area contributed by atoms with Gasteiger partial charge in [0, 0.05) is 17.7 Å². The summed E-state index contributed by atoms with van der Waals surface area (Å²) in [5.74, 6) is 1.93. The highest BCUT2D eigenvalue weighted by Gasteiger charge is 2.51. The molecule has 4 heteroatoms. The topological polar surface area (TPSA) is 46.9 Å². The third kappa shape index (κ3) is 3.10. The zero-order chi connectivity index (χ0) is 17.4. The fourth-order valence-electron chi connectivity index (χ4n) is 5.00. The molecule has 2 aliphatic rings. The number of hydrogen-bond acceptors (Lipinski definition) is 2. The first-order chi connectivity index (χ1) is 12.1. The monoisotopic (exact) mass is 337 g/mol. The maximum Gasteiger partial charge on any atom is 0.241 e. The predicted octanol–water partition coefficient (Wildman–Crippen LogP) is 3.59. The van der Waals surface area contributed by atoms with Crippen molar-refractivity contribution in [1.82, 2.24) is 15.1 Å². The van der Waals surface area contributed by atoms with E-state index in [-0.39, 0.29) is 11.9 Å². The first-order valence-electron chi connectivity index (χ1n) is 9.49. The molecule has 0 aliphatic heterocycles. The van der Waals surface area contributed by atoms with Gasteiger partial charge in [-0.1, -0.05) is 43.2 Å². The Balaban J connectivity index is 1.49. The van der Waals surface area contributed by atoms with Crippen molar-refractivity contribution in [1.29, 1.82) is 0 Å². The largest absolute Gasteiger partial charge is 0.351 e. The molecular formula is C21H27N3O. The summed E-state index contributed by atoms with van der Waals surface area (Å²) >= 11 is 0. The predicted molar refractivity (Wildman–Crippen MR) is 98.3 cm³/mol. The van der Waals surface area contributed by atoms with Crippen molar-refractivity contribution in [2.75, 3.05) is 0 Å². The van der Waals surface area contributed by atoms with E-state index in [4.69, 9.17) is 0 Å². The van der Waals surface area contributed by atoms with Crippen LogP contribution in [-0.4, -0.2) is 21.7 Å². The Kier molecular flexibility index (Phi) is 4.36. The number of rotatable bonds is 4. The lowest BCUT2D eigenvalue weighted by Crippen LogP contribution is -2.59. The van der Waals surface area contributed by atoms with Crippen LogP contribution < -0.4 is 5.32 Å². The van der Waals surface area contributed by atoms with E-state index in [0.717, 1.165) is 17.3 Å². The van der Waals surface area contributed by atoms with Crippen molar-refractivity contribution < 1.29 is 4.79 Å². The zero-order valence-corrected chi connectivity index (χ0v) is 15.1. The summed E-state index contributed by atoms with van der Waals surface area (Å²) < 4.78 is 1.80. The molecule has 25 heavy (non-hydrogen) atoms. The number of carbonyl (C=O) groups is 1.